The molecule has 2 atom stereocenters. The predicted molar refractivity (Wildman–Crippen MR) is 72.4 cm³/mol. The first-order chi connectivity index (χ1) is 8.15. The molecule has 0 aromatic carbocycles. The fourth-order valence-corrected chi connectivity index (χ4v) is 3.00. The second-order valence-electron chi connectivity index (χ2n) is 4.90. The number of hydrogen-bond donors (Lipinski definition) is 1. The zero-order valence-electron chi connectivity index (χ0n) is 10.1. The van der Waals surface area contributed by atoms with E-state index < -0.39 is 0 Å². The van der Waals surface area contributed by atoms with E-state index in [4.69, 9.17) is 5.73 Å². The summed E-state index contributed by atoms with van der Waals surface area (Å²) < 4.78 is 0. The van der Waals surface area contributed by atoms with Crippen LogP contribution in [0.5, 0.6) is 0 Å². The molecule has 1 saturated carbocycles. The molecule has 0 saturated heterocycles. The molecular weight excluding hydrogens is 232 g/mol. The number of anilines is 2. The van der Waals surface area contributed by atoms with Crippen molar-refractivity contribution >= 4 is 33.3 Å². The minimum absolute atomic E-state index is 0.366. The van der Waals surface area contributed by atoms with Crippen molar-refractivity contribution < 1.29 is 0 Å². The third kappa shape index (κ3) is 1.95. The number of nitrogens with two attached hydrogens (primary N) is 1. The van der Waals surface area contributed by atoms with Gasteiger partial charge in [0.15, 0.2) is 0 Å². The lowest BCUT2D eigenvalue weighted by Crippen LogP contribution is -2.22. The Kier molecular flexibility index (Phi) is 2.43. The van der Waals surface area contributed by atoms with Crippen LogP contribution in [0, 0.1) is 11.8 Å². The van der Waals surface area contributed by atoms with Crippen LogP contribution in [-0.2, 0) is 0 Å². The van der Waals surface area contributed by atoms with Crippen molar-refractivity contribution in [2.45, 2.75) is 13.3 Å². The zero-order chi connectivity index (χ0) is 12.0. The molecule has 0 radical (unpaired) electrons. The average molecular weight is 248 g/mol. The van der Waals surface area contributed by atoms with Gasteiger partial charge in [0.05, 0.1) is 5.39 Å². The number of rotatable bonds is 3. The number of aromatic nitrogens is 2. The van der Waals surface area contributed by atoms with Crippen LogP contribution in [0.25, 0.3) is 10.2 Å². The quantitative estimate of drug-likeness (QED) is 0.906. The van der Waals surface area contributed by atoms with Crippen molar-refractivity contribution in [3.8, 4) is 0 Å². The van der Waals surface area contributed by atoms with E-state index in [0.717, 1.165) is 34.4 Å². The van der Waals surface area contributed by atoms with Crippen molar-refractivity contribution in [2.24, 2.45) is 11.8 Å². The van der Waals surface area contributed by atoms with Gasteiger partial charge in [0.2, 0.25) is 5.95 Å². The second kappa shape index (κ2) is 3.84. The number of thiophene rings is 1. The van der Waals surface area contributed by atoms with E-state index in [1.165, 1.54) is 6.42 Å². The predicted octanol–water partition coefficient (Wildman–Crippen LogP) is 2.37. The Bertz CT molecular complexity index is 550. The first kappa shape index (κ1) is 10.8. The maximum Gasteiger partial charge on any atom is 0.223 e. The largest absolute Gasteiger partial charge is 0.368 e. The zero-order valence-corrected chi connectivity index (χ0v) is 10.9. The molecule has 2 aromatic rings. The SMILES string of the molecule is CC1CC1CN(C)c1nc(N)nc2sccc12. The first-order valence-electron chi connectivity index (χ1n) is 5.87. The third-order valence-corrected chi connectivity index (χ3v) is 4.27. The van der Waals surface area contributed by atoms with Gasteiger partial charge in [-0.05, 0) is 29.7 Å². The van der Waals surface area contributed by atoms with Gasteiger partial charge >= 0.3 is 0 Å². The Labute approximate surface area is 104 Å². The second-order valence-corrected chi connectivity index (χ2v) is 5.79. The number of fused-ring (bicyclic) bond motifs is 1. The Balaban J connectivity index is 1.94. The van der Waals surface area contributed by atoms with E-state index in [0.29, 0.717) is 5.95 Å². The molecule has 0 amide bonds. The van der Waals surface area contributed by atoms with Gasteiger partial charge in [-0.2, -0.15) is 4.98 Å². The summed E-state index contributed by atoms with van der Waals surface area (Å²) in [5, 5.41) is 3.15. The van der Waals surface area contributed by atoms with E-state index in [1.54, 1.807) is 11.3 Å². The van der Waals surface area contributed by atoms with Gasteiger partial charge in [-0.25, -0.2) is 4.98 Å². The molecule has 0 bridgehead atoms. The topological polar surface area (TPSA) is 55.0 Å². The summed E-state index contributed by atoms with van der Waals surface area (Å²) in [6.07, 6.45) is 1.33. The highest BCUT2D eigenvalue weighted by Crippen LogP contribution is 2.39. The van der Waals surface area contributed by atoms with Crippen molar-refractivity contribution in [3.63, 3.8) is 0 Å². The number of hydrogen-bond acceptors (Lipinski definition) is 5. The minimum Gasteiger partial charge on any atom is -0.368 e. The minimum atomic E-state index is 0.366. The van der Waals surface area contributed by atoms with Crippen LogP contribution in [0.15, 0.2) is 11.4 Å². The Morgan fingerprint density at radius 1 is 1.53 bits per heavy atom. The summed E-state index contributed by atoms with van der Waals surface area (Å²) in [5.41, 5.74) is 5.75. The average Bonchev–Trinajstić information content (AvgIpc) is 2.78. The molecule has 5 heteroatoms. The number of nitrogen functional groups attached to an aromatic ring is 1. The van der Waals surface area contributed by atoms with Crippen LogP contribution in [-0.4, -0.2) is 23.6 Å². The van der Waals surface area contributed by atoms with Crippen LogP contribution in [0.4, 0.5) is 11.8 Å². The smallest absolute Gasteiger partial charge is 0.223 e. The molecule has 3 rings (SSSR count). The summed E-state index contributed by atoms with van der Waals surface area (Å²) in [6, 6.07) is 2.07. The van der Waals surface area contributed by atoms with Gasteiger partial charge < -0.3 is 10.6 Å². The van der Waals surface area contributed by atoms with E-state index in [2.05, 4.69) is 34.9 Å². The molecule has 1 aliphatic rings. The molecule has 4 nitrogen and oxygen atoms in total. The third-order valence-electron chi connectivity index (χ3n) is 3.47. The normalized spacial score (nSPS) is 22.9. The molecule has 2 aromatic heterocycles. The maximum absolute atomic E-state index is 5.75. The summed E-state index contributed by atoms with van der Waals surface area (Å²) in [6.45, 7) is 3.36. The lowest BCUT2D eigenvalue weighted by molar-refractivity contribution is 0.721. The molecule has 2 N–H and O–H groups in total. The molecule has 17 heavy (non-hydrogen) atoms. The molecule has 1 fully saturated rings. The van der Waals surface area contributed by atoms with Crippen LogP contribution in [0.3, 0.4) is 0 Å². The van der Waals surface area contributed by atoms with Crippen LogP contribution < -0.4 is 10.6 Å². The van der Waals surface area contributed by atoms with E-state index in [9.17, 15) is 0 Å². The van der Waals surface area contributed by atoms with Gasteiger partial charge in [-0.3, -0.25) is 0 Å². The van der Waals surface area contributed by atoms with Gasteiger partial charge in [-0.15, -0.1) is 11.3 Å². The van der Waals surface area contributed by atoms with Crippen molar-refractivity contribution in [1.82, 2.24) is 9.97 Å². The monoisotopic (exact) mass is 248 g/mol. The lowest BCUT2D eigenvalue weighted by Gasteiger charge is -2.19. The highest BCUT2D eigenvalue weighted by atomic mass is 32.1. The summed E-state index contributed by atoms with van der Waals surface area (Å²) >= 11 is 1.61. The molecule has 1 aliphatic carbocycles. The highest BCUT2D eigenvalue weighted by Gasteiger charge is 2.33. The first-order valence-corrected chi connectivity index (χ1v) is 6.75. The summed E-state index contributed by atoms with van der Waals surface area (Å²) in [4.78, 5) is 11.8. The fourth-order valence-electron chi connectivity index (χ4n) is 2.24. The Morgan fingerprint density at radius 2 is 2.29 bits per heavy atom. The fraction of sp³-hybridized carbons (Fsp3) is 0.500. The standard InChI is InChI=1S/C12H16N4S/c1-7-5-8(7)6-16(2)10-9-3-4-17-11(9)15-12(13)14-10/h3-4,7-8H,5-6H2,1-2H3,(H2,13,14,15). The van der Waals surface area contributed by atoms with E-state index in [-0.39, 0.29) is 0 Å². The van der Waals surface area contributed by atoms with Crippen LogP contribution >= 0.6 is 11.3 Å². The highest BCUT2D eigenvalue weighted by molar-refractivity contribution is 7.16. The summed E-state index contributed by atoms with van der Waals surface area (Å²) in [7, 11) is 2.09. The Morgan fingerprint density at radius 3 is 3.00 bits per heavy atom. The van der Waals surface area contributed by atoms with Crippen molar-refractivity contribution in [3.05, 3.63) is 11.4 Å². The van der Waals surface area contributed by atoms with E-state index in [1.807, 2.05) is 5.38 Å². The summed E-state index contributed by atoms with van der Waals surface area (Å²) in [5.74, 6) is 3.00. The molecule has 2 unspecified atom stereocenters. The molecule has 2 heterocycles. The van der Waals surface area contributed by atoms with Gasteiger partial charge in [-0.1, -0.05) is 6.92 Å². The Hall–Kier alpha value is -1.36. The van der Waals surface area contributed by atoms with Gasteiger partial charge in [0, 0.05) is 13.6 Å². The number of nitrogens with zero attached hydrogens (tertiary/aromatic N) is 3. The van der Waals surface area contributed by atoms with E-state index >= 15 is 0 Å². The molecule has 0 spiro atoms. The molecular formula is C12H16N4S. The molecule has 90 valence electrons. The van der Waals surface area contributed by atoms with Crippen LogP contribution in [0.1, 0.15) is 13.3 Å². The van der Waals surface area contributed by atoms with Gasteiger partial charge in [0.1, 0.15) is 10.6 Å². The lowest BCUT2D eigenvalue weighted by atomic mass is 10.3. The van der Waals surface area contributed by atoms with Crippen molar-refractivity contribution in [2.75, 3.05) is 24.2 Å². The molecule has 0 aliphatic heterocycles. The maximum atomic E-state index is 5.75. The van der Waals surface area contributed by atoms with Gasteiger partial charge in [0.25, 0.3) is 0 Å². The van der Waals surface area contributed by atoms with Crippen molar-refractivity contribution in [1.29, 1.82) is 0 Å². The van der Waals surface area contributed by atoms with Crippen LogP contribution in [0.2, 0.25) is 0 Å².